The van der Waals surface area contributed by atoms with Gasteiger partial charge in [-0.2, -0.15) is 5.10 Å². The van der Waals surface area contributed by atoms with Crippen molar-refractivity contribution in [3.05, 3.63) is 45.8 Å². The van der Waals surface area contributed by atoms with E-state index in [1.165, 1.54) is 10.9 Å². The number of hydrogen-bond donors (Lipinski definition) is 2. The fraction of sp³-hybridized carbons (Fsp3) is 0.200. The van der Waals surface area contributed by atoms with Gasteiger partial charge in [-0.05, 0) is 24.6 Å². The van der Waals surface area contributed by atoms with Crippen molar-refractivity contribution in [3.8, 4) is 5.69 Å². The summed E-state index contributed by atoms with van der Waals surface area (Å²) in [7, 11) is 0. The highest BCUT2D eigenvalue weighted by Crippen LogP contribution is 2.23. The number of aromatic amines is 1. The number of benzene rings is 1. The van der Waals surface area contributed by atoms with Crippen LogP contribution in [-0.4, -0.2) is 30.9 Å². The second kappa shape index (κ2) is 6.66. The second-order valence-corrected chi connectivity index (χ2v) is 6.69. The Balaban J connectivity index is 2.11. The Kier molecular flexibility index (Phi) is 4.59. The number of nitrogens with zero attached hydrogens (tertiary/aromatic N) is 3. The van der Waals surface area contributed by atoms with E-state index >= 15 is 0 Å². The highest BCUT2D eigenvalue weighted by atomic mass is 35.5. The fourth-order valence-corrected chi connectivity index (χ4v) is 3.26. The predicted octanol–water partition coefficient (Wildman–Crippen LogP) is 2.12. The maximum Gasteiger partial charge on any atom is 0.262 e. The number of nitrogens with two attached hydrogens (primary N) is 1. The number of hydrogen-bond acceptors (Lipinski definition) is 5. The van der Waals surface area contributed by atoms with E-state index in [1.54, 1.807) is 18.2 Å². The summed E-state index contributed by atoms with van der Waals surface area (Å²) in [6.07, 6.45) is 1.98. The van der Waals surface area contributed by atoms with Crippen molar-refractivity contribution in [3.63, 3.8) is 0 Å². The third-order valence-corrected chi connectivity index (χ3v) is 4.91. The van der Waals surface area contributed by atoms with Gasteiger partial charge in [0.1, 0.15) is 5.39 Å². The Morgan fingerprint density at radius 1 is 1.50 bits per heavy atom. The van der Waals surface area contributed by atoms with Crippen LogP contribution in [0.4, 0.5) is 0 Å². The molecule has 0 bridgehead atoms. The minimum atomic E-state index is -0.465. The van der Waals surface area contributed by atoms with Gasteiger partial charge in [0, 0.05) is 5.02 Å². The number of halogens is 1. The Bertz CT molecular complexity index is 968. The van der Waals surface area contributed by atoms with Crippen LogP contribution < -0.4 is 11.3 Å². The van der Waals surface area contributed by atoms with Crippen LogP contribution in [-0.2, 0) is 4.79 Å². The van der Waals surface area contributed by atoms with E-state index in [4.69, 9.17) is 17.3 Å². The molecular formula is C15H14ClN5O2S. The number of rotatable bonds is 5. The van der Waals surface area contributed by atoms with Gasteiger partial charge in [0.05, 0.1) is 17.1 Å². The summed E-state index contributed by atoms with van der Waals surface area (Å²) < 4.78 is 1.53. The molecule has 0 radical (unpaired) electrons. The highest BCUT2D eigenvalue weighted by molar-refractivity contribution is 8.00. The Morgan fingerprint density at radius 2 is 2.29 bits per heavy atom. The number of fused-ring (bicyclic) bond motifs is 1. The van der Waals surface area contributed by atoms with Crippen molar-refractivity contribution >= 4 is 40.3 Å². The molecule has 0 aliphatic carbocycles. The summed E-state index contributed by atoms with van der Waals surface area (Å²) in [6, 6.07) is 7.07. The van der Waals surface area contributed by atoms with Crippen LogP contribution in [0, 0.1) is 0 Å². The van der Waals surface area contributed by atoms with Crippen molar-refractivity contribution < 1.29 is 4.79 Å². The largest absolute Gasteiger partial charge is 0.369 e. The van der Waals surface area contributed by atoms with E-state index in [1.807, 2.05) is 13.0 Å². The minimum absolute atomic E-state index is 0.321. The van der Waals surface area contributed by atoms with Crippen molar-refractivity contribution in [1.82, 2.24) is 19.7 Å². The van der Waals surface area contributed by atoms with E-state index in [0.29, 0.717) is 33.3 Å². The molecule has 0 aliphatic rings. The van der Waals surface area contributed by atoms with Gasteiger partial charge in [-0.1, -0.05) is 36.4 Å². The molecule has 2 aromatic heterocycles. The van der Waals surface area contributed by atoms with Gasteiger partial charge < -0.3 is 10.7 Å². The van der Waals surface area contributed by atoms with E-state index < -0.39 is 11.2 Å². The van der Waals surface area contributed by atoms with Crippen LogP contribution in [0.15, 0.2) is 40.4 Å². The summed E-state index contributed by atoms with van der Waals surface area (Å²) >= 11 is 7.14. The SMILES string of the molecule is CCC(Sc1nc2c(cnn2-c2cccc(Cl)c2)c(=O)[nH]1)C(N)=O. The lowest BCUT2D eigenvalue weighted by molar-refractivity contribution is -0.117. The Labute approximate surface area is 146 Å². The average molecular weight is 364 g/mol. The molecule has 0 fully saturated rings. The van der Waals surface area contributed by atoms with E-state index in [9.17, 15) is 9.59 Å². The van der Waals surface area contributed by atoms with Crippen LogP contribution >= 0.6 is 23.4 Å². The molecule has 3 N–H and O–H groups in total. The third-order valence-electron chi connectivity index (χ3n) is 3.41. The molecule has 1 atom stereocenters. The van der Waals surface area contributed by atoms with Gasteiger partial charge in [-0.3, -0.25) is 9.59 Å². The molecule has 0 saturated heterocycles. The summed E-state index contributed by atoms with van der Waals surface area (Å²) in [5.74, 6) is -0.450. The molecule has 2 heterocycles. The molecule has 0 saturated carbocycles. The van der Waals surface area contributed by atoms with Crippen LogP contribution in [0.5, 0.6) is 0 Å². The van der Waals surface area contributed by atoms with Crippen molar-refractivity contribution in [2.75, 3.05) is 0 Å². The fourth-order valence-electron chi connectivity index (χ4n) is 2.23. The quantitative estimate of drug-likeness (QED) is 0.533. The predicted molar refractivity (Wildman–Crippen MR) is 93.6 cm³/mol. The van der Waals surface area contributed by atoms with Crippen LogP contribution in [0.2, 0.25) is 5.02 Å². The van der Waals surface area contributed by atoms with Gasteiger partial charge >= 0.3 is 0 Å². The molecule has 0 aliphatic heterocycles. The molecule has 9 heteroatoms. The van der Waals surface area contributed by atoms with Crippen LogP contribution in [0.3, 0.4) is 0 Å². The summed E-state index contributed by atoms with van der Waals surface area (Å²) in [4.78, 5) is 30.7. The molecular weight excluding hydrogens is 350 g/mol. The number of H-pyrrole nitrogens is 1. The molecule has 24 heavy (non-hydrogen) atoms. The topological polar surface area (TPSA) is 107 Å². The smallest absolute Gasteiger partial charge is 0.262 e. The Morgan fingerprint density at radius 3 is 2.96 bits per heavy atom. The lowest BCUT2D eigenvalue weighted by atomic mass is 10.3. The van der Waals surface area contributed by atoms with Crippen LogP contribution in [0.1, 0.15) is 13.3 Å². The second-order valence-electron chi connectivity index (χ2n) is 5.06. The van der Waals surface area contributed by atoms with E-state index in [-0.39, 0.29) is 5.56 Å². The molecule has 3 aromatic rings. The molecule has 124 valence electrons. The number of carbonyl (C=O) groups is 1. The van der Waals surface area contributed by atoms with Crippen molar-refractivity contribution in [1.29, 1.82) is 0 Å². The maximum absolute atomic E-state index is 12.2. The highest BCUT2D eigenvalue weighted by Gasteiger charge is 2.18. The lowest BCUT2D eigenvalue weighted by Crippen LogP contribution is -2.25. The van der Waals surface area contributed by atoms with Gasteiger partial charge in [-0.25, -0.2) is 9.67 Å². The molecule has 3 rings (SSSR count). The number of aromatic nitrogens is 4. The third kappa shape index (κ3) is 3.15. The number of nitrogens with one attached hydrogen (secondary N) is 1. The van der Waals surface area contributed by atoms with Crippen molar-refractivity contribution in [2.24, 2.45) is 5.73 Å². The number of primary amides is 1. The summed E-state index contributed by atoms with van der Waals surface area (Å²) in [6.45, 7) is 1.84. The zero-order valence-corrected chi connectivity index (χ0v) is 14.3. The van der Waals surface area contributed by atoms with Crippen molar-refractivity contribution in [2.45, 2.75) is 23.8 Å². The first-order chi connectivity index (χ1) is 11.5. The average Bonchev–Trinajstić information content (AvgIpc) is 2.96. The first-order valence-corrected chi connectivity index (χ1v) is 8.45. The summed E-state index contributed by atoms with van der Waals surface area (Å²) in [5, 5.41) is 4.98. The molecule has 1 unspecified atom stereocenters. The number of carbonyl (C=O) groups excluding carboxylic acids is 1. The molecule has 1 aromatic carbocycles. The molecule has 7 nitrogen and oxygen atoms in total. The minimum Gasteiger partial charge on any atom is -0.369 e. The van der Waals surface area contributed by atoms with E-state index in [2.05, 4.69) is 15.1 Å². The maximum atomic E-state index is 12.2. The molecule has 0 spiro atoms. The van der Waals surface area contributed by atoms with Crippen LogP contribution in [0.25, 0.3) is 16.7 Å². The first kappa shape index (κ1) is 16.5. The first-order valence-electron chi connectivity index (χ1n) is 7.19. The monoisotopic (exact) mass is 363 g/mol. The normalized spacial score (nSPS) is 12.4. The zero-order valence-electron chi connectivity index (χ0n) is 12.7. The van der Waals surface area contributed by atoms with Gasteiger partial charge in [-0.15, -0.1) is 0 Å². The zero-order chi connectivity index (χ0) is 17.3. The number of thioether (sulfide) groups is 1. The number of amides is 1. The van der Waals surface area contributed by atoms with Gasteiger partial charge in [0.15, 0.2) is 10.8 Å². The molecule has 1 amide bonds. The van der Waals surface area contributed by atoms with Gasteiger partial charge in [0.25, 0.3) is 5.56 Å². The lowest BCUT2D eigenvalue weighted by Gasteiger charge is -2.09. The summed E-state index contributed by atoms with van der Waals surface area (Å²) in [5.41, 5.74) is 6.11. The standard InChI is InChI=1S/C15H14ClN5O2S/c1-2-11(12(17)22)24-15-19-13-10(14(23)20-15)7-18-21(13)9-5-3-4-8(16)6-9/h3-7,11H,2H2,1H3,(H2,17,22)(H,19,20,23). The van der Waals surface area contributed by atoms with E-state index in [0.717, 1.165) is 11.8 Å². The van der Waals surface area contributed by atoms with Gasteiger partial charge in [0.2, 0.25) is 5.91 Å². The Hall–Kier alpha value is -2.32.